The standard InChI is InChI=1S/C24H22N2O4/c1-15(17-9-8-16-6-4-5-7-18(16)13-17)12-22(27)25-21-14-19(23(28)26(2)3)10-11-20(21)24(29)30/h4-14H,1-3H3,(H,25,27)(H,29,30). The number of nitrogens with zero attached hydrogens (tertiary/aromatic N) is 1. The van der Waals surface area contributed by atoms with Gasteiger partial charge in [0.05, 0.1) is 11.3 Å². The van der Waals surface area contributed by atoms with E-state index in [0.717, 1.165) is 21.9 Å². The molecular weight excluding hydrogens is 380 g/mol. The summed E-state index contributed by atoms with van der Waals surface area (Å²) < 4.78 is 0. The topological polar surface area (TPSA) is 86.7 Å². The van der Waals surface area contributed by atoms with Crippen LogP contribution in [0.1, 0.15) is 33.2 Å². The van der Waals surface area contributed by atoms with Crippen molar-refractivity contribution in [2.75, 3.05) is 19.4 Å². The van der Waals surface area contributed by atoms with E-state index >= 15 is 0 Å². The first-order chi connectivity index (χ1) is 14.3. The van der Waals surface area contributed by atoms with Crippen molar-refractivity contribution in [1.29, 1.82) is 0 Å². The van der Waals surface area contributed by atoms with E-state index in [1.54, 1.807) is 14.1 Å². The van der Waals surface area contributed by atoms with Crippen molar-refractivity contribution in [1.82, 2.24) is 4.90 Å². The smallest absolute Gasteiger partial charge is 0.337 e. The first-order valence-electron chi connectivity index (χ1n) is 9.33. The number of nitrogens with one attached hydrogen (secondary N) is 1. The molecule has 0 bridgehead atoms. The summed E-state index contributed by atoms with van der Waals surface area (Å²) in [5, 5.41) is 14.2. The third-order valence-electron chi connectivity index (χ3n) is 4.71. The second kappa shape index (κ2) is 8.61. The van der Waals surface area contributed by atoms with E-state index in [0.29, 0.717) is 0 Å². The Balaban J connectivity index is 1.89. The summed E-state index contributed by atoms with van der Waals surface area (Å²) in [7, 11) is 3.20. The highest BCUT2D eigenvalue weighted by Crippen LogP contribution is 2.22. The van der Waals surface area contributed by atoms with Crippen molar-refractivity contribution >= 4 is 39.8 Å². The second-order valence-corrected chi connectivity index (χ2v) is 7.14. The molecule has 0 aliphatic carbocycles. The van der Waals surface area contributed by atoms with Crippen LogP contribution < -0.4 is 5.32 Å². The van der Waals surface area contributed by atoms with Gasteiger partial charge in [0.1, 0.15) is 0 Å². The molecule has 0 saturated carbocycles. The van der Waals surface area contributed by atoms with Gasteiger partial charge in [0.15, 0.2) is 0 Å². The molecule has 3 rings (SSSR count). The molecule has 0 aliphatic rings. The van der Waals surface area contributed by atoms with Crippen LogP contribution in [0.5, 0.6) is 0 Å². The van der Waals surface area contributed by atoms with Gasteiger partial charge >= 0.3 is 5.97 Å². The van der Waals surface area contributed by atoms with Crippen LogP contribution in [0.4, 0.5) is 5.69 Å². The maximum atomic E-state index is 12.6. The third kappa shape index (κ3) is 4.55. The minimum Gasteiger partial charge on any atom is -0.478 e. The summed E-state index contributed by atoms with van der Waals surface area (Å²) in [5.41, 5.74) is 1.89. The lowest BCUT2D eigenvalue weighted by molar-refractivity contribution is -0.111. The van der Waals surface area contributed by atoms with Gasteiger partial charge in [-0.2, -0.15) is 0 Å². The van der Waals surface area contributed by atoms with Crippen LogP contribution in [-0.2, 0) is 4.79 Å². The van der Waals surface area contributed by atoms with E-state index < -0.39 is 11.9 Å². The Kier molecular flexibility index (Phi) is 5.97. The lowest BCUT2D eigenvalue weighted by Crippen LogP contribution is -2.22. The first-order valence-corrected chi connectivity index (χ1v) is 9.33. The van der Waals surface area contributed by atoms with Gasteiger partial charge in [-0.3, -0.25) is 9.59 Å². The number of benzene rings is 3. The number of rotatable bonds is 5. The van der Waals surface area contributed by atoms with Gasteiger partial charge in [-0.05, 0) is 53.1 Å². The predicted molar refractivity (Wildman–Crippen MR) is 118 cm³/mol. The number of anilines is 1. The number of carbonyl (C=O) groups excluding carboxylic acids is 2. The summed E-state index contributed by atoms with van der Waals surface area (Å²) in [5.74, 6) is -1.95. The van der Waals surface area contributed by atoms with Crippen LogP contribution in [0, 0.1) is 0 Å². The van der Waals surface area contributed by atoms with Crippen LogP contribution in [0.2, 0.25) is 0 Å². The van der Waals surface area contributed by atoms with Gasteiger partial charge < -0.3 is 15.3 Å². The molecule has 0 aromatic heterocycles. The van der Waals surface area contributed by atoms with E-state index in [4.69, 9.17) is 0 Å². The van der Waals surface area contributed by atoms with Gasteiger partial charge in [0, 0.05) is 25.7 Å². The highest BCUT2D eigenvalue weighted by Gasteiger charge is 2.16. The molecule has 2 amide bonds. The van der Waals surface area contributed by atoms with Crippen molar-refractivity contribution in [2.45, 2.75) is 6.92 Å². The lowest BCUT2D eigenvalue weighted by atomic mass is 10.0. The Morgan fingerprint density at radius 1 is 0.900 bits per heavy atom. The Morgan fingerprint density at radius 2 is 1.57 bits per heavy atom. The van der Waals surface area contributed by atoms with E-state index in [2.05, 4.69) is 5.32 Å². The van der Waals surface area contributed by atoms with Crippen molar-refractivity contribution in [3.8, 4) is 0 Å². The second-order valence-electron chi connectivity index (χ2n) is 7.14. The molecule has 0 atom stereocenters. The van der Waals surface area contributed by atoms with Crippen LogP contribution in [-0.4, -0.2) is 41.9 Å². The molecule has 3 aromatic carbocycles. The molecule has 6 nitrogen and oxygen atoms in total. The molecule has 0 heterocycles. The number of aromatic carboxylic acids is 1. The summed E-state index contributed by atoms with van der Waals surface area (Å²) in [6.07, 6.45) is 1.41. The predicted octanol–water partition coefficient (Wildman–Crippen LogP) is 4.28. The maximum absolute atomic E-state index is 12.6. The molecule has 0 saturated heterocycles. The fourth-order valence-corrected chi connectivity index (χ4v) is 3.11. The largest absolute Gasteiger partial charge is 0.478 e. The van der Waals surface area contributed by atoms with E-state index in [9.17, 15) is 19.5 Å². The number of carbonyl (C=O) groups is 3. The molecule has 3 aromatic rings. The van der Waals surface area contributed by atoms with Crippen molar-refractivity contribution in [3.05, 3.63) is 83.4 Å². The number of carboxylic acid groups (broad SMARTS) is 1. The quantitative estimate of drug-likeness (QED) is 0.624. The third-order valence-corrected chi connectivity index (χ3v) is 4.71. The number of hydrogen-bond donors (Lipinski definition) is 2. The fraction of sp³-hybridized carbons (Fsp3) is 0.125. The molecule has 0 unspecified atom stereocenters. The Labute approximate surface area is 174 Å². The maximum Gasteiger partial charge on any atom is 0.337 e. The number of carboxylic acids is 1. The summed E-state index contributed by atoms with van der Waals surface area (Å²) in [4.78, 5) is 37.7. The minimum absolute atomic E-state index is 0.0720. The fourth-order valence-electron chi connectivity index (χ4n) is 3.11. The first kappa shape index (κ1) is 20.8. The number of allylic oxidation sites excluding steroid dienone is 1. The van der Waals surface area contributed by atoms with Crippen LogP contribution in [0.3, 0.4) is 0 Å². The molecule has 0 aliphatic heterocycles. The average molecular weight is 402 g/mol. The zero-order chi connectivity index (χ0) is 21.8. The molecule has 0 spiro atoms. The van der Waals surface area contributed by atoms with E-state index in [1.165, 1.54) is 29.2 Å². The SMILES string of the molecule is CC(=CC(=O)Nc1cc(C(=O)N(C)C)ccc1C(=O)O)c1ccc2ccccc2c1. The van der Waals surface area contributed by atoms with Crippen molar-refractivity contribution < 1.29 is 19.5 Å². The monoisotopic (exact) mass is 402 g/mol. The normalized spacial score (nSPS) is 11.2. The molecule has 6 heteroatoms. The Bertz CT molecular complexity index is 1180. The zero-order valence-electron chi connectivity index (χ0n) is 17.0. The zero-order valence-corrected chi connectivity index (χ0v) is 17.0. The number of amides is 2. The minimum atomic E-state index is -1.19. The van der Waals surface area contributed by atoms with Gasteiger partial charge in [-0.15, -0.1) is 0 Å². The van der Waals surface area contributed by atoms with Crippen LogP contribution in [0.15, 0.2) is 66.7 Å². The van der Waals surface area contributed by atoms with Gasteiger partial charge in [0.25, 0.3) is 5.91 Å². The molecule has 152 valence electrons. The molecule has 0 fully saturated rings. The molecular formula is C24H22N2O4. The van der Waals surface area contributed by atoms with Crippen molar-refractivity contribution in [3.63, 3.8) is 0 Å². The highest BCUT2D eigenvalue weighted by atomic mass is 16.4. The van der Waals surface area contributed by atoms with Gasteiger partial charge in [-0.1, -0.05) is 36.4 Å². The number of fused-ring (bicyclic) bond motifs is 1. The highest BCUT2D eigenvalue weighted by molar-refractivity contribution is 6.08. The van der Waals surface area contributed by atoms with E-state index in [-0.39, 0.29) is 22.7 Å². The summed E-state index contributed by atoms with van der Waals surface area (Å²) in [6, 6.07) is 18.0. The Hall–Kier alpha value is -3.93. The van der Waals surface area contributed by atoms with Crippen LogP contribution >= 0.6 is 0 Å². The van der Waals surface area contributed by atoms with Crippen LogP contribution in [0.25, 0.3) is 16.3 Å². The molecule has 30 heavy (non-hydrogen) atoms. The molecule has 2 N–H and O–H groups in total. The summed E-state index contributed by atoms with van der Waals surface area (Å²) in [6.45, 7) is 1.81. The van der Waals surface area contributed by atoms with E-state index in [1.807, 2.05) is 49.4 Å². The molecule has 0 radical (unpaired) electrons. The Morgan fingerprint density at radius 3 is 2.23 bits per heavy atom. The summed E-state index contributed by atoms with van der Waals surface area (Å²) >= 11 is 0. The number of hydrogen-bond acceptors (Lipinski definition) is 3. The van der Waals surface area contributed by atoms with Crippen molar-refractivity contribution in [2.24, 2.45) is 0 Å². The van der Waals surface area contributed by atoms with Gasteiger partial charge in [0.2, 0.25) is 5.91 Å². The van der Waals surface area contributed by atoms with Gasteiger partial charge in [-0.25, -0.2) is 4.79 Å². The lowest BCUT2D eigenvalue weighted by Gasteiger charge is -2.13. The average Bonchev–Trinajstić information content (AvgIpc) is 2.72.